The third-order valence-electron chi connectivity index (χ3n) is 3.37. The van der Waals surface area contributed by atoms with Crippen LogP contribution in [0.5, 0.6) is 0 Å². The number of hydrogen-bond donors (Lipinski definition) is 3. The van der Waals surface area contributed by atoms with E-state index >= 15 is 0 Å². The standard InChI is InChI=1S/C14H14F3N3O3/c15-14(16,17)8-5-7(1-2-9(18)6-8)12(22)19-10-3-4-11(21)20-13(10)23/h1-2,5,10H,3-4,6,18H2,(H,19,22)(H,20,21,23). The van der Waals surface area contributed by atoms with Crippen LogP contribution in [0, 0.1) is 0 Å². The molecule has 1 heterocycles. The van der Waals surface area contributed by atoms with Gasteiger partial charge in [0, 0.05) is 29.7 Å². The first-order valence-corrected chi connectivity index (χ1v) is 6.75. The van der Waals surface area contributed by atoms with E-state index in [9.17, 15) is 27.6 Å². The molecule has 0 saturated carbocycles. The van der Waals surface area contributed by atoms with Crippen molar-refractivity contribution in [2.75, 3.05) is 0 Å². The molecule has 1 aliphatic heterocycles. The molecule has 0 aromatic carbocycles. The van der Waals surface area contributed by atoms with Gasteiger partial charge >= 0.3 is 6.18 Å². The molecule has 1 aliphatic carbocycles. The average molecular weight is 329 g/mol. The Morgan fingerprint density at radius 2 is 2.00 bits per heavy atom. The Balaban J connectivity index is 2.17. The second kappa shape index (κ2) is 6.27. The van der Waals surface area contributed by atoms with Gasteiger partial charge in [0.25, 0.3) is 5.91 Å². The highest BCUT2D eigenvalue weighted by Crippen LogP contribution is 2.32. The summed E-state index contributed by atoms with van der Waals surface area (Å²) in [5.41, 5.74) is 4.21. The van der Waals surface area contributed by atoms with Gasteiger partial charge in [-0.2, -0.15) is 13.2 Å². The van der Waals surface area contributed by atoms with Crippen LogP contribution in [0.2, 0.25) is 0 Å². The quantitative estimate of drug-likeness (QED) is 0.645. The Labute approximate surface area is 129 Å². The third kappa shape index (κ3) is 4.21. The van der Waals surface area contributed by atoms with Crippen molar-refractivity contribution in [1.82, 2.24) is 10.6 Å². The van der Waals surface area contributed by atoms with E-state index in [1.54, 1.807) is 0 Å². The highest BCUT2D eigenvalue weighted by Gasteiger charge is 2.35. The normalized spacial score (nSPS) is 22.4. The van der Waals surface area contributed by atoms with Crippen LogP contribution in [0.1, 0.15) is 19.3 Å². The van der Waals surface area contributed by atoms with E-state index in [4.69, 9.17) is 5.73 Å². The van der Waals surface area contributed by atoms with E-state index in [1.807, 2.05) is 0 Å². The zero-order chi connectivity index (χ0) is 17.2. The molecule has 0 aromatic rings. The maximum Gasteiger partial charge on any atom is 0.413 e. The van der Waals surface area contributed by atoms with Crippen molar-refractivity contribution in [3.05, 3.63) is 35.1 Å². The van der Waals surface area contributed by atoms with Gasteiger partial charge in [-0.05, 0) is 24.6 Å². The summed E-state index contributed by atoms with van der Waals surface area (Å²) in [6, 6.07) is -0.964. The minimum atomic E-state index is -4.61. The molecule has 0 radical (unpaired) electrons. The molecule has 0 bridgehead atoms. The number of piperidine rings is 1. The van der Waals surface area contributed by atoms with Crippen LogP contribution in [0.15, 0.2) is 35.1 Å². The van der Waals surface area contributed by atoms with E-state index in [2.05, 4.69) is 10.6 Å². The molecule has 1 fully saturated rings. The Kier molecular flexibility index (Phi) is 4.57. The van der Waals surface area contributed by atoms with Crippen LogP contribution in [0.3, 0.4) is 0 Å². The summed E-state index contributed by atoms with van der Waals surface area (Å²) < 4.78 is 38.7. The maximum absolute atomic E-state index is 12.9. The van der Waals surface area contributed by atoms with Gasteiger partial charge in [-0.15, -0.1) is 0 Å². The lowest BCUT2D eigenvalue weighted by Crippen LogP contribution is -2.52. The number of allylic oxidation sites excluding steroid dienone is 3. The van der Waals surface area contributed by atoms with Crippen molar-refractivity contribution >= 4 is 17.7 Å². The summed E-state index contributed by atoms with van der Waals surface area (Å²) in [7, 11) is 0. The highest BCUT2D eigenvalue weighted by molar-refractivity contribution is 6.04. The van der Waals surface area contributed by atoms with Gasteiger partial charge < -0.3 is 11.1 Å². The number of nitrogens with two attached hydrogens (primary N) is 1. The zero-order valence-electron chi connectivity index (χ0n) is 11.9. The van der Waals surface area contributed by atoms with Crippen LogP contribution in [0.25, 0.3) is 0 Å². The fraction of sp³-hybridized carbons (Fsp3) is 0.357. The molecule has 4 N–H and O–H groups in total. The molecule has 124 valence electrons. The minimum Gasteiger partial charge on any atom is -0.402 e. The predicted molar refractivity (Wildman–Crippen MR) is 73.4 cm³/mol. The first-order chi connectivity index (χ1) is 10.7. The van der Waals surface area contributed by atoms with Crippen molar-refractivity contribution in [3.63, 3.8) is 0 Å². The summed E-state index contributed by atoms with van der Waals surface area (Å²) in [4.78, 5) is 34.7. The Morgan fingerprint density at radius 1 is 1.30 bits per heavy atom. The average Bonchev–Trinajstić information content (AvgIpc) is 2.63. The topological polar surface area (TPSA) is 101 Å². The number of alkyl halides is 3. The zero-order valence-corrected chi connectivity index (χ0v) is 11.9. The molecule has 9 heteroatoms. The lowest BCUT2D eigenvalue weighted by molar-refractivity contribution is -0.136. The molecule has 1 saturated heterocycles. The van der Waals surface area contributed by atoms with Gasteiger partial charge in [0.05, 0.1) is 0 Å². The highest BCUT2D eigenvalue weighted by atomic mass is 19.4. The fourth-order valence-corrected chi connectivity index (χ4v) is 2.16. The smallest absolute Gasteiger partial charge is 0.402 e. The van der Waals surface area contributed by atoms with Crippen molar-refractivity contribution in [2.24, 2.45) is 5.73 Å². The molecular formula is C14H14F3N3O3. The third-order valence-corrected chi connectivity index (χ3v) is 3.37. The first kappa shape index (κ1) is 16.8. The van der Waals surface area contributed by atoms with Gasteiger partial charge in [-0.3, -0.25) is 19.7 Å². The van der Waals surface area contributed by atoms with Gasteiger partial charge in [0.2, 0.25) is 11.8 Å². The number of amides is 3. The Hall–Kier alpha value is -2.58. The number of imide groups is 1. The molecule has 3 amide bonds. The van der Waals surface area contributed by atoms with Crippen molar-refractivity contribution < 1.29 is 27.6 Å². The lowest BCUT2D eigenvalue weighted by atomic mass is 10.0. The predicted octanol–water partition coefficient (Wildman–Crippen LogP) is 0.569. The van der Waals surface area contributed by atoms with Gasteiger partial charge in [-0.1, -0.05) is 0 Å². The molecule has 23 heavy (non-hydrogen) atoms. The number of carbonyl (C=O) groups excluding carboxylic acids is 3. The van der Waals surface area contributed by atoms with Crippen molar-refractivity contribution in [1.29, 1.82) is 0 Å². The van der Waals surface area contributed by atoms with Crippen LogP contribution in [0.4, 0.5) is 13.2 Å². The molecule has 0 spiro atoms. The Bertz CT molecular complexity index is 647. The van der Waals surface area contributed by atoms with Crippen LogP contribution < -0.4 is 16.4 Å². The van der Waals surface area contributed by atoms with Gasteiger partial charge in [0.1, 0.15) is 6.04 Å². The molecule has 1 unspecified atom stereocenters. The van der Waals surface area contributed by atoms with Crippen LogP contribution >= 0.6 is 0 Å². The van der Waals surface area contributed by atoms with Crippen LogP contribution in [-0.2, 0) is 14.4 Å². The fourth-order valence-electron chi connectivity index (χ4n) is 2.16. The molecule has 1 atom stereocenters. The molecule has 2 aliphatic rings. The summed E-state index contributed by atoms with van der Waals surface area (Å²) >= 11 is 0. The number of hydrogen-bond acceptors (Lipinski definition) is 4. The van der Waals surface area contributed by atoms with E-state index in [0.29, 0.717) is 6.08 Å². The number of nitrogens with one attached hydrogen (secondary N) is 2. The number of carbonyl (C=O) groups is 3. The van der Waals surface area contributed by atoms with E-state index < -0.39 is 41.9 Å². The SMILES string of the molecule is NC1=CC=C(C(=O)NC2CCC(=O)NC2=O)C=C(C(F)(F)F)C1. The summed E-state index contributed by atoms with van der Waals surface area (Å²) in [5, 5.41) is 4.37. The molecule has 0 aromatic heterocycles. The summed E-state index contributed by atoms with van der Waals surface area (Å²) in [6.07, 6.45) is -1.91. The largest absolute Gasteiger partial charge is 0.413 e. The molecule has 6 nitrogen and oxygen atoms in total. The van der Waals surface area contributed by atoms with Crippen molar-refractivity contribution in [2.45, 2.75) is 31.5 Å². The van der Waals surface area contributed by atoms with E-state index in [0.717, 1.165) is 6.08 Å². The summed E-state index contributed by atoms with van der Waals surface area (Å²) in [6.45, 7) is 0. The molecular weight excluding hydrogens is 315 g/mol. The second-order valence-electron chi connectivity index (χ2n) is 5.18. The first-order valence-electron chi connectivity index (χ1n) is 6.75. The monoisotopic (exact) mass is 329 g/mol. The van der Waals surface area contributed by atoms with Crippen LogP contribution in [-0.4, -0.2) is 29.9 Å². The summed E-state index contributed by atoms with van der Waals surface area (Å²) in [5.74, 6) is -1.98. The van der Waals surface area contributed by atoms with E-state index in [1.165, 1.54) is 6.08 Å². The maximum atomic E-state index is 12.9. The number of halogens is 3. The number of rotatable bonds is 2. The molecule has 2 rings (SSSR count). The minimum absolute atomic E-state index is 0.0302. The van der Waals surface area contributed by atoms with Crippen molar-refractivity contribution in [3.8, 4) is 0 Å². The van der Waals surface area contributed by atoms with Gasteiger partial charge in [-0.25, -0.2) is 0 Å². The van der Waals surface area contributed by atoms with Gasteiger partial charge in [0.15, 0.2) is 0 Å². The van der Waals surface area contributed by atoms with E-state index in [-0.39, 0.29) is 24.1 Å². The second-order valence-corrected chi connectivity index (χ2v) is 5.18. The Morgan fingerprint density at radius 3 is 2.61 bits per heavy atom. The lowest BCUT2D eigenvalue weighted by Gasteiger charge is -2.22.